The van der Waals surface area contributed by atoms with Gasteiger partial charge in [0.25, 0.3) is 0 Å². The number of amides is 2. The third-order valence-corrected chi connectivity index (χ3v) is 3.90. The molecule has 1 heterocycles. The molecular weight excluding hydrogens is 228 g/mol. The van der Waals surface area contributed by atoms with E-state index >= 15 is 0 Å². The quantitative estimate of drug-likeness (QED) is 0.828. The fourth-order valence-electron chi connectivity index (χ4n) is 2.55. The first-order valence-electron chi connectivity index (χ1n) is 6.95. The lowest BCUT2D eigenvalue weighted by Gasteiger charge is -2.43. The van der Waals surface area contributed by atoms with Crippen LogP contribution in [-0.2, 0) is 9.59 Å². The second-order valence-electron chi connectivity index (χ2n) is 6.67. The summed E-state index contributed by atoms with van der Waals surface area (Å²) in [5, 5.41) is 2.90. The maximum Gasteiger partial charge on any atom is 0.246 e. The molecule has 0 aromatic rings. The number of carbonyl (C=O) groups excluding carboxylic acids is 2. The van der Waals surface area contributed by atoms with E-state index in [9.17, 15) is 9.59 Å². The number of hydrogen-bond donors (Lipinski definition) is 1. The molecule has 1 saturated heterocycles. The normalized spacial score (nSPS) is 29.4. The van der Waals surface area contributed by atoms with Crippen LogP contribution in [0.25, 0.3) is 0 Å². The standard InChI is InChI=1S/C14H24N2O2/c1-5-10-12(17)15-11(14(2,3)4)13(18)16(10)8-9-6-7-9/h9-11H,5-8H2,1-4H3,(H,15,17). The Hall–Kier alpha value is -1.06. The Morgan fingerprint density at radius 2 is 1.89 bits per heavy atom. The van der Waals surface area contributed by atoms with E-state index in [0.717, 1.165) is 6.54 Å². The zero-order chi connectivity index (χ0) is 13.5. The van der Waals surface area contributed by atoms with Gasteiger partial charge >= 0.3 is 0 Å². The summed E-state index contributed by atoms with van der Waals surface area (Å²) in [7, 11) is 0. The highest BCUT2D eigenvalue weighted by Crippen LogP contribution is 2.33. The molecule has 4 heteroatoms. The van der Waals surface area contributed by atoms with Crippen LogP contribution in [0.15, 0.2) is 0 Å². The van der Waals surface area contributed by atoms with E-state index in [1.165, 1.54) is 12.8 Å². The lowest BCUT2D eigenvalue weighted by molar-refractivity contribution is -0.152. The summed E-state index contributed by atoms with van der Waals surface area (Å²) in [6.45, 7) is 8.72. The largest absolute Gasteiger partial charge is 0.342 e. The molecule has 0 aromatic heterocycles. The topological polar surface area (TPSA) is 49.4 Å². The van der Waals surface area contributed by atoms with Gasteiger partial charge in [-0.15, -0.1) is 0 Å². The predicted molar refractivity (Wildman–Crippen MR) is 69.9 cm³/mol. The van der Waals surface area contributed by atoms with Crippen LogP contribution in [0, 0.1) is 11.3 Å². The van der Waals surface area contributed by atoms with Crippen molar-refractivity contribution in [1.82, 2.24) is 10.2 Å². The summed E-state index contributed by atoms with van der Waals surface area (Å²) in [5.74, 6) is 0.730. The first-order valence-corrected chi connectivity index (χ1v) is 6.95. The van der Waals surface area contributed by atoms with Crippen molar-refractivity contribution in [2.45, 2.75) is 59.0 Å². The molecule has 1 saturated carbocycles. The van der Waals surface area contributed by atoms with Gasteiger partial charge in [0.05, 0.1) is 0 Å². The summed E-state index contributed by atoms with van der Waals surface area (Å²) in [6, 6.07) is -0.650. The molecule has 0 spiro atoms. The van der Waals surface area contributed by atoms with E-state index < -0.39 is 0 Å². The van der Waals surface area contributed by atoms with E-state index in [4.69, 9.17) is 0 Å². The molecule has 102 valence electrons. The highest BCUT2D eigenvalue weighted by atomic mass is 16.2. The Balaban J connectivity index is 2.20. The zero-order valence-electron chi connectivity index (χ0n) is 11.8. The Labute approximate surface area is 109 Å². The minimum Gasteiger partial charge on any atom is -0.342 e. The fraction of sp³-hybridized carbons (Fsp3) is 0.857. The third kappa shape index (κ3) is 2.52. The third-order valence-electron chi connectivity index (χ3n) is 3.90. The maximum atomic E-state index is 12.6. The minimum atomic E-state index is -0.383. The summed E-state index contributed by atoms with van der Waals surface area (Å²) >= 11 is 0. The van der Waals surface area contributed by atoms with Crippen molar-refractivity contribution >= 4 is 11.8 Å². The lowest BCUT2D eigenvalue weighted by Crippen LogP contribution is -2.66. The summed E-state index contributed by atoms with van der Waals surface area (Å²) in [5.41, 5.74) is -0.229. The number of piperazine rings is 1. The van der Waals surface area contributed by atoms with Gasteiger partial charge in [0, 0.05) is 6.54 Å². The van der Waals surface area contributed by atoms with Crippen LogP contribution in [-0.4, -0.2) is 35.3 Å². The molecule has 2 atom stereocenters. The molecule has 0 bridgehead atoms. The van der Waals surface area contributed by atoms with Gasteiger partial charge in [-0.3, -0.25) is 9.59 Å². The second kappa shape index (κ2) is 4.56. The van der Waals surface area contributed by atoms with Crippen molar-refractivity contribution in [3.63, 3.8) is 0 Å². The lowest BCUT2D eigenvalue weighted by atomic mass is 9.83. The van der Waals surface area contributed by atoms with Gasteiger partial charge in [-0.2, -0.15) is 0 Å². The molecule has 2 aliphatic rings. The van der Waals surface area contributed by atoms with Crippen molar-refractivity contribution < 1.29 is 9.59 Å². The average molecular weight is 252 g/mol. The zero-order valence-corrected chi connectivity index (χ0v) is 11.8. The number of hydrogen-bond acceptors (Lipinski definition) is 2. The van der Waals surface area contributed by atoms with Gasteiger partial charge in [-0.05, 0) is 30.6 Å². The van der Waals surface area contributed by atoms with Crippen LogP contribution in [0.3, 0.4) is 0 Å². The van der Waals surface area contributed by atoms with Crippen LogP contribution in [0.5, 0.6) is 0 Å². The van der Waals surface area contributed by atoms with Gasteiger partial charge in [0.1, 0.15) is 12.1 Å². The monoisotopic (exact) mass is 252 g/mol. The molecule has 18 heavy (non-hydrogen) atoms. The van der Waals surface area contributed by atoms with E-state index in [2.05, 4.69) is 5.32 Å². The van der Waals surface area contributed by atoms with E-state index in [1.54, 1.807) is 0 Å². The molecule has 2 unspecified atom stereocenters. The number of carbonyl (C=O) groups is 2. The van der Waals surface area contributed by atoms with Crippen LogP contribution in [0.4, 0.5) is 0 Å². The molecule has 2 amide bonds. The fourth-order valence-corrected chi connectivity index (χ4v) is 2.55. The maximum absolute atomic E-state index is 12.6. The smallest absolute Gasteiger partial charge is 0.246 e. The molecule has 1 aliphatic heterocycles. The molecule has 0 aromatic carbocycles. The number of rotatable bonds is 3. The van der Waals surface area contributed by atoms with Crippen molar-refractivity contribution in [3.05, 3.63) is 0 Å². The molecule has 1 N–H and O–H groups in total. The van der Waals surface area contributed by atoms with Crippen LogP contribution >= 0.6 is 0 Å². The van der Waals surface area contributed by atoms with E-state index in [1.807, 2.05) is 32.6 Å². The number of nitrogens with zero attached hydrogens (tertiary/aromatic N) is 1. The Bertz CT molecular complexity index is 355. The van der Waals surface area contributed by atoms with Crippen molar-refractivity contribution in [1.29, 1.82) is 0 Å². The highest BCUT2D eigenvalue weighted by molar-refractivity contribution is 5.97. The van der Waals surface area contributed by atoms with Gasteiger partial charge in [0.15, 0.2) is 0 Å². The van der Waals surface area contributed by atoms with Gasteiger partial charge < -0.3 is 10.2 Å². The second-order valence-corrected chi connectivity index (χ2v) is 6.67. The molecule has 2 fully saturated rings. The summed E-state index contributed by atoms with van der Waals surface area (Å²) in [6.07, 6.45) is 3.09. The van der Waals surface area contributed by atoms with Crippen LogP contribution < -0.4 is 5.32 Å². The van der Waals surface area contributed by atoms with Crippen molar-refractivity contribution in [2.75, 3.05) is 6.54 Å². The first kappa shape index (κ1) is 13.4. The Morgan fingerprint density at radius 3 is 2.33 bits per heavy atom. The van der Waals surface area contributed by atoms with Crippen molar-refractivity contribution in [3.8, 4) is 0 Å². The van der Waals surface area contributed by atoms with Crippen molar-refractivity contribution in [2.24, 2.45) is 11.3 Å². The summed E-state index contributed by atoms with van der Waals surface area (Å²) < 4.78 is 0. The van der Waals surface area contributed by atoms with Gasteiger partial charge in [-0.25, -0.2) is 0 Å². The number of nitrogens with one attached hydrogen (secondary N) is 1. The SMILES string of the molecule is CCC1C(=O)NC(C(C)(C)C)C(=O)N1CC1CC1. The van der Waals surface area contributed by atoms with Gasteiger partial charge in [0.2, 0.25) is 11.8 Å². The average Bonchev–Trinajstić information content (AvgIpc) is 3.05. The molecular formula is C14H24N2O2. The molecule has 0 radical (unpaired) electrons. The van der Waals surface area contributed by atoms with Crippen LogP contribution in [0.2, 0.25) is 0 Å². The van der Waals surface area contributed by atoms with E-state index in [-0.39, 0.29) is 29.3 Å². The molecule has 2 rings (SSSR count). The summed E-state index contributed by atoms with van der Waals surface area (Å²) in [4.78, 5) is 26.5. The van der Waals surface area contributed by atoms with Gasteiger partial charge in [-0.1, -0.05) is 27.7 Å². The predicted octanol–water partition coefficient (Wildman–Crippen LogP) is 1.55. The Morgan fingerprint density at radius 1 is 1.28 bits per heavy atom. The molecule has 4 nitrogen and oxygen atoms in total. The van der Waals surface area contributed by atoms with Crippen LogP contribution in [0.1, 0.15) is 47.0 Å². The minimum absolute atomic E-state index is 0.0117. The van der Waals surface area contributed by atoms with E-state index in [0.29, 0.717) is 12.3 Å². The molecule has 1 aliphatic carbocycles. The highest BCUT2D eigenvalue weighted by Gasteiger charge is 2.45. The Kier molecular flexibility index (Phi) is 3.39. The first-order chi connectivity index (χ1) is 8.34.